The van der Waals surface area contributed by atoms with Crippen molar-refractivity contribution in [2.24, 2.45) is 0 Å². The van der Waals surface area contributed by atoms with Gasteiger partial charge in [0.25, 0.3) is 0 Å². The number of hydrogen-bond donors (Lipinski definition) is 0. The van der Waals surface area contributed by atoms with E-state index in [-0.39, 0.29) is 11.0 Å². The number of rotatable bonds is 6. The summed E-state index contributed by atoms with van der Waals surface area (Å²) >= 11 is 0. The zero-order valence-corrected chi connectivity index (χ0v) is 8.92. The maximum absolute atomic E-state index is 5.32. The average Bonchev–Trinajstić information content (AvgIpc) is 2.06. The highest BCUT2D eigenvalue weighted by Gasteiger charge is 2.38. The summed E-state index contributed by atoms with van der Waals surface area (Å²) in [5.74, 6) is 0. The molecular weight excluding hydrogens is 200 g/mol. The van der Waals surface area contributed by atoms with Crippen LogP contribution in [0.5, 0.6) is 0 Å². The van der Waals surface area contributed by atoms with Crippen LogP contribution in [0, 0.1) is 12.0 Å². The van der Waals surface area contributed by atoms with E-state index in [2.05, 4.69) is 5.54 Å². The van der Waals surface area contributed by atoms with Crippen LogP contribution in [-0.2, 0) is 13.3 Å². The largest absolute Gasteiger partial charge is 0.591 e. The van der Waals surface area contributed by atoms with Crippen molar-refractivity contribution >= 4 is 19.8 Å². The summed E-state index contributed by atoms with van der Waals surface area (Å²) in [4.78, 5) is 0. The molecule has 0 saturated carbocycles. The van der Waals surface area contributed by atoms with Crippen LogP contribution in [-0.4, -0.2) is 39.6 Å². The van der Waals surface area contributed by atoms with E-state index < -0.39 is 8.80 Å². The fraction of sp³-hybridized carbons (Fsp3) is 0.750. The predicted molar refractivity (Wildman–Crippen MR) is 60.8 cm³/mol. The first-order valence-electron chi connectivity index (χ1n) is 4.14. The third kappa shape index (κ3) is 5.23. The Morgan fingerprint density at radius 2 is 1.31 bits per heavy atom. The topological polar surface area (TPSA) is 27.7 Å². The van der Waals surface area contributed by atoms with E-state index >= 15 is 0 Å². The molecule has 0 bridgehead atoms. The van der Waals surface area contributed by atoms with Crippen LogP contribution >= 0.6 is 0 Å². The van der Waals surface area contributed by atoms with Crippen molar-refractivity contribution in [3.63, 3.8) is 0 Å². The van der Waals surface area contributed by atoms with Crippen molar-refractivity contribution in [2.75, 3.05) is 19.8 Å². The van der Waals surface area contributed by atoms with Gasteiger partial charge in [-0.3, -0.25) is 0 Å². The fourth-order valence-electron chi connectivity index (χ4n) is 0.820. The van der Waals surface area contributed by atoms with Gasteiger partial charge < -0.3 is 13.3 Å². The van der Waals surface area contributed by atoms with Crippen LogP contribution in [0.3, 0.4) is 0 Å². The molecule has 0 aromatic heterocycles. The average molecular weight is 220 g/mol. The minimum Gasteiger partial charge on any atom is -0.364 e. The summed E-state index contributed by atoms with van der Waals surface area (Å²) in [6.45, 7) is 7.19. The third-order valence-corrected chi connectivity index (χ3v) is 3.54. The Hall–Kier alpha value is -0.126. The highest BCUT2D eigenvalue weighted by molar-refractivity contribution is 6.69. The number of hydrogen-bond acceptors (Lipinski definition) is 3. The predicted octanol–water partition coefficient (Wildman–Crippen LogP) is -0.244. The molecule has 13 heavy (non-hydrogen) atoms. The van der Waals surface area contributed by atoms with Gasteiger partial charge in [-0.1, -0.05) is 0 Å². The summed E-state index contributed by atoms with van der Waals surface area (Å²) in [6.07, 6.45) is 5.30. The second-order valence-electron chi connectivity index (χ2n) is 2.00. The van der Waals surface area contributed by atoms with E-state index in [0.29, 0.717) is 19.8 Å². The Kier molecular flexibility index (Phi) is 10.0. The second kappa shape index (κ2) is 8.47. The maximum Gasteiger partial charge on any atom is 0.591 e. The molecule has 0 atom stereocenters. The molecule has 0 aliphatic carbocycles. The summed E-state index contributed by atoms with van der Waals surface area (Å²) in [5.41, 5.74) is 2.49. The molecule has 0 saturated heterocycles. The van der Waals surface area contributed by atoms with Crippen LogP contribution < -0.4 is 0 Å². The molecular formula is C8H20O3Si2. The summed E-state index contributed by atoms with van der Waals surface area (Å²) in [7, 11) is -2.74. The van der Waals surface area contributed by atoms with Crippen molar-refractivity contribution in [2.45, 2.75) is 20.8 Å². The van der Waals surface area contributed by atoms with E-state index in [1.807, 2.05) is 20.8 Å². The van der Waals surface area contributed by atoms with Crippen molar-refractivity contribution < 1.29 is 13.3 Å². The maximum atomic E-state index is 5.32. The third-order valence-electron chi connectivity index (χ3n) is 1.18. The highest BCUT2D eigenvalue weighted by atomic mass is 28.4. The first-order valence-corrected chi connectivity index (χ1v) is 5.86. The highest BCUT2D eigenvalue weighted by Crippen LogP contribution is 2.07. The molecule has 0 spiro atoms. The molecule has 0 aliphatic rings. The smallest absolute Gasteiger partial charge is 0.364 e. The molecule has 78 valence electrons. The van der Waals surface area contributed by atoms with Crippen LogP contribution in [0.2, 0.25) is 0 Å². The molecule has 0 radical (unpaired) electrons. The van der Waals surface area contributed by atoms with E-state index in [9.17, 15) is 0 Å². The molecule has 3 nitrogen and oxygen atoms in total. The van der Waals surface area contributed by atoms with Gasteiger partial charge in [0.05, 0.1) is 0 Å². The van der Waals surface area contributed by atoms with Crippen molar-refractivity contribution in [3.05, 3.63) is 0 Å². The minimum atomic E-state index is -2.74. The van der Waals surface area contributed by atoms with Gasteiger partial charge >= 0.3 is 8.80 Å². The van der Waals surface area contributed by atoms with Gasteiger partial charge in [0.15, 0.2) is 0 Å². The van der Waals surface area contributed by atoms with Gasteiger partial charge in [0.1, 0.15) is 0 Å². The molecule has 0 fully saturated rings. The van der Waals surface area contributed by atoms with E-state index in [1.165, 1.54) is 0 Å². The Morgan fingerprint density at radius 3 is 1.46 bits per heavy atom. The molecule has 0 aliphatic heterocycles. The minimum absolute atomic E-state index is 0. The fourth-order valence-corrected chi connectivity index (χ4v) is 2.46. The van der Waals surface area contributed by atoms with Gasteiger partial charge in [-0.05, 0) is 37.3 Å². The normalized spacial score (nSPS) is 10.3. The molecule has 0 unspecified atom stereocenters. The SMILES string of the molecule is C#C[Si](OCC)(OCC)OCC.[SiH4]. The van der Waals surface area contributed by atoms with Gasteiger partial charge in [-0.25, -0.2) is 0 Å². The lowest BCUT2D eigenvalue weighted by Gasteiger charge is -2.22. The van der Waals surface area contributed by atoms with Crippen molar-refractivity contribution in [1.29, 1.82) is 0 Å². The van der Waals surface area contributed by atoms with E-state index in [0.717, 1.165) is 0 Å². The summed E-state index contributed by atoms with van der Waals surface area (Å²) < 4.78 is 16.0. The van der Waals surface area contributed by atoms with Gasteiger partial charge in [0.2, 0.25) is 0 Å². The standard InChI is InChI=1S/C8H16O3Si.H4Si/c1-5-9-12(8-4,10-6-2)11-7-3;/h4H,5-7H2,1-3H3;1H4. The van der Waals surface area contributed by atoms with Gasteiger partial charge in [-0.15, -0.1) is 6.42 Å². The monoisotopic (exact) mass is 220 g/mol. The van der Waals surface area contributed by atoms with Crippen LogP contribution in [0.1, 0.15) is 20.8 Å². The Labute approximate surface area is 86.2 Å². The van der Waals surface area contributed by atoms with Crippen molar-refractivity contribution in [1.82, 2.24) is 0 Å². The van der Waals surface area contributed by atoms with E-state index in [1.54, 1.807) is 0 Å². The molecule has 5 heteroatoms. The lowest BCUT2D eigenvalue weighted by Crippen LogP contribution is -2.44. The molecule has 0 amide bonds. The zero-order chi connectivity index (χ0) is 9.45. The lowest BCUT2D eigenvalue weighted by molar-refractivity contribution is 0.0871. The van der Waals surface area contributed by atoms with Crippen LogP contribution in [0.15, 0.2) is 0 Å². The second-order valence-corrected chi connectivity index (χ2v) is 4.27. The Balaban J connectivity index is 0. The lowest BCUT2D eigenvalue weighted by atomic mass is 10.9. The van der Waals surface area contributed by atoms with E-state index in [4.69, 9.17) is 19.7 Å². The Morgan fingerprint density at radius 1 is 1.00 bits per heavy atom. The molecule has 0 rings (SSSR count). The molecule has 0 aromatic carbocycles. The van der Waals surface area contributed by atoms with Crippen LogP contribution in [0.25, 0.3) is 0 Å². The molecule has 0 aromatic rings. The quantitative estimate of drug-likeness (QED) is 0.457. The van der Waals surface area contributed by atoms with Crippen molar-refractivity contribution in [3.8, 4) is 12.0 Å². The van der Waals surface area contributed by atoms with Crippen LogP contribution in [0.4, 0.5) is 0 Å². The Bertz CT molecular complexity index is 139. The first kappa shape index (κ1) is 15.4. The zero-order valence-electron chi connectivity index (χ0n) is 7.92. The summed E-state index contributed by atoms with van der Waals surface area (Å²) in [5, 5.41) is 0. The molecule has 0 N–H and O–H groups in total. The van der Waals surface area contributed by atoms with Gasteiger partial charge in [0, 0.05) is 19.8 Å². The number of terminal acetylenes is 1. The first-order chi connectivity index (χ1) is 5.74. The summed E-state index contributed by atoms with van der Waals surface area (Å²) in [6, 6.07) is 0. The molecule has 0 heterocycles. The van der Waals surface area contributed by atoms with Gasteiger partial charge in [-0.2, -0.15) is 0 Å².